The molecule has 0 aliphatic heterocycles. The second kappa shape index (κ2) is 8.82. The van der Waals surface area contributed by atoms with Crippen molar-refractivity contribution < 1.29 is 13.9 Å². The Hall–Kier alpha value is -3.61. The third-order valence-electron chi connectivity index (χ3n) is 4.85. The van der Waals surface area contributed by atoms with Gasteiger partial charge in [-0.3, -0.25) is 4.79 Å². The summed E-state index contributed by atoms with van der Waals surface area (Å²) in [6, 6.07) is 15.6. The van der Waals surface area contributed by atoms with Gasteiger partial charge in [0.15, 0.2) is 0 Å². The third-order valence-corrected chi connectivity index (χ3v) is 4.85. The number of hydrogen-bond acceptors (Lipinski definition) is 5. The molecular formula is C23H24N4O3. The molecule has 0 unspecified atom stereocenters. The molecule has 0 bridgehead atoms. The molecule has 2 aromatic heterocycles. The summed E-state index contributed by atoms with van der Waals surface area (Å²) < 4.78 is 13.3. The minimum absolute atomic E-state index is 0.0895. The van der Waals surface area contributed by atoms with E-state index in [0.29, 0.717) is 31.4 Å². The van der Waals surface area contributed by atoms with Gasteiger partial charge in [-0.2, -0.15) is 0 Å². The fourth-order valence-electron chi connectivity index (χ4n) is 3.40. The number of benzene rings is 2. The van der Waals surface area contributed by atoms with Crippen LogP contribution in [0.3, 0.4) is 0 Å². The summed E-state index contributed by atoms with van der Waals surface area (Å²) in [6.45, 7) is 5.08. The minimum Gasteiger partial charge on any atom is -0.494 e. The summed E-state index contributed by atoms with van der Waals surface area (Å²) >= 11 is 0. The molecule has 0 aliphatic carbocycles. The highest BCUT2D eigenvalue weighted by molar-refractivity contribution is 5.94. The van der Waals surface area contributed by atoms with Crippen LogP contribution in [0.1, 0.15) is 25.3 Å². The molecule has 2 aromatic carbocycles. The summed E-state index contributed by atoms with van der Waals surface area (Å²) in [4.78, 5) is 12.7. The number of hydrogen-bond donors (Lipinski definition) is 1. The number of ether oxygens (including phenoxy) is 1. The summed E-state index contributed by atoms with van der Waals surface area (Å²) in [6.07, 6.45) is 2.57. The Balaban J connectivity index is 1.53. The van der Waals surface area contributed by atoms with Gasteiger partial charge in [0.25, 0.3) is 0 Å². The largest absolute Gasteiger partial charge is 0.494 e. The number of nitrogens with one attached hydrogen (secondary N) is 1. The first-order valence-electron chi connectivity index (χ1n) is 10.1. The maximum Gasteiger partial charge on any atom is 0.249 e. The van der Waals surface area contributed by atoms with E-state index in [4.69, 9.17) is 9.15 Å². The molecule has 30 heavy (non-hydrogen) atoms. The minimum atomic E-state index is -0.0895. The van der Waals surface area contributed by atoms with Crippen LogP contribution in [0, 0.1) is 0 Å². The highest BCUT2D eigenvalue weighted by Gasteiger charge is 2.17. The number of aromatic nitrogens is 3. The van der Waals surface area contributed by atoms with Gasteiger partial charge in [-0.05, 0) is 19.1 Å². The highest BCUT2D eigenvalue weighted by atomic mass is 16.5. The van der Waals surface area contributed by atoms with Crippen molar-refractivity contribution in [2.24, 2.45) is 0 Å². The molecule has 0 spiro atoms. The molecule has 2 heterocycles. The van der Waals surface area contributed by atoms with Gasteiger partial charge in [-0.25, -0.2) is 0 Å². The van der Waals surface area contributed by atoms with Crippen LogP contribution in [0.2, 0.25) is 0 Å². The van der Waals surface area contributed by atoms with E-state index in [1.807, 2.05) is 73.1 Å². The van der Waals surface area contributed by atoms with E-state index in [-0.39, 0.29) is 12.5 Å². The van der Waals surface area contributed by atoms with E-state index >= 15 is 0 Å². The van der Waals surface area contributed by atoms with Crippen molar-refractivity contribution in [1.29, 1.82) is 0 Å². The number of carbonyl (C=O) groups is 1. The van der Waals surface area contributed by atoms with Crippen molar-refractivity contribution in [1.82, 2.24) is 20.1 Å². The number of para-hydroxylation sites is 2. The zero-order chi connectivity index (χ0) is 20.9. The SMILES string of the molecule is CCOc1ccccc1CNC(=O)Cn1cc(-c2nnc(CC)o2)c2ccccc21. The normalized spacial score (nSPS) is 11.0. The molecule has 1 amide bonds. The Morgan fingerprint density at radius 3 is 2.70 bits per heavy atom. The molecule has 7 nitrogen and oxygen atoms in total. The maximum atomic E-state index is 12.7. The van der Waals surface area contributed by atoms with E-state index in [9.17, 15) is 4.79 Å². The standard InChI is InChI=1S/C23H24N4O3/c1-3-22-25-26-23(30-22)18-14-27(19-11-7-6-10-17(18)19)15-21(28)24-13-16-9-5-8-12-20(16)29-4-2/h5-12,14H,3-4,13,15H2,1-2H3,(H,24,28). The van der Waals surface area contributed by atoms with Crippen LogP contribution >= 0.6 is 0 Å². The Kier molecular flexibility index (Phi) is 5.79. The predicted octanol–water partition coefficient (Wildman–Crippen LogP) is 3.97. The number of nitrogens with zero attached hydrogens (tertiary/aromatic N) is 3. The smallest absolute Gasteiger partial charge is 0.249 e. The van der Waals surface area contributed by atoms with E-state index in [1.54, 1.807) is 0 Å². The molecule has 1 N–H and O–H groups in total. The Labute approximate surface area is 174 Å². The van der Waals surface area contributed by atoms with Crippen molar-refractivity contribution in [3.05, 3.63) is 66.2 Å². The molecule has 0 fully saturated rings. The monoisotopic (exact) mass is 404 g/mol. The number of rotatable bonds is 8. The average Bonchev–Trinajstić information content (AvgIpc) is 3.38. The van der Waals surface area contributed by atoms with Gasteiger partial charge in [-0.1, -0.05) is 43.3 Å². The maximum absolute atomic E-state index is 12.7. The first-order valence-corrected chi connectivity index (χ1v) is 10.1. The van der Waals surface area contributed by atoms with E-state index in [2.05, 4.69) is 15.5 Å². The first-order chi connectivity index (χ1) is 14.7. The number of carbonyl (C=O) groups excluding carboxylic acids is 1. The van der Waals surface area contributed by atoms with Gasteiger partial charge in [0.05, 0.1) is 12.2 Å². The van der Waals surface area contributed by atoms with Crippen LogP contribution < -0.4 is 10.1 Å². The Morgan fingerprint density at radius 2 is 1.90 bits per heavy atom. The molecule has 4 rings (SSSR count). The van der Waals surface area contributed by atoms with E-state index < -0.39 is 0 Å². The van der Waals surface area contributed by atoms with Crippen molar-refractivity contribution in [3.63, 3.8) is 0 Å². The molecule has 0 saturated carbocycles. The van der Waals surface area contributed by atoms with Gasteiger partial charge >= 0.3 is 0 Å². The predicted molar refractivity (Wildman–Crippen MR) is 114 cm³/mol. The molecule has 0 atom stereocenters. The Bertz CT molecular complexity index is 1160. The highest BCUT2D eigenvalue weighted by Crippen LogP contribution is 2.30. The average molecular weight is 404 g/mol. The lowest BCUT2D eigenvalue weighted by molar-refractivity contribution is -0.121. The zero-order valence-electron chi connectivity index (χ0n) is 17.1. The molecule has 7 heteroatoms. The van der Waals surface area contributed by atoms with Crippen LogP contribution in [-0.4, -0.2) is 27.3 Å². The molecule has 0 aliphatic rings. The Morgan fingerprint density at radius 1 is 1.10 bits per heavy atom. The van der Waals surface area contributed by atoms with Crippen molar-refractivity contribution in [2.45, 2.75) is 33.4 Å². The summed E-state index contributed by atoms with van der Waals surface area (Å²) in [5, 5.41) is 12.2. The van der Waals surface area contributed by atoms with Crippen LogP contribution in [0.15, 0.2) is 59.1 Å². The van der Waals surface area contributed by atoms with Crippen molar-refractivity contribution >= 4 is 16.8 Å². The summed E-state index contributed by atoms with van der Waals surface area (Å²) in [5.41, 5.74) is 2.71. The first kappa shape index (κ1) is 19.7. The third kappa shape index (κ3) is 4.05. The number of fused-ring (bicyclic) bond motifs is 1. The van der Waals surface area contributed by atoms with Crippen LogP contribution in [0.25, 0.3) is 22.4 Å². The number of amides is 1. The van der Waals surface area contributed by atoms with Gasteiger partial charge in [0, 0.05) is 35.6 Å². The van der Waals surface area contributed by atoms with Crippen molar-refractivity contribution in [2.75, 3.05) is 6.61 Å². The molecule has 4 aromatic rings. The van der Waals surface area contributed by atoms with Crippen molar-refractivity contribution in [3.8, 4) is 17.2 Å². The van der Waals surface area contributed by atoms with E-state index in [1.165, 1.54) is 0 Å². The number of aryl methyl sites for hydroxylation is 1. The second-order valence-electron chi connectivity index (χ2n) is 6.86. The quantitative estimate of drug-likeness (QED) is 0.481. The fourth-order valence-corrected chi connectivity index (χ4v) is 3.40. The molecule has 0 radical (unpaired) electrons. The van der Waals surface area contributed by atoms with Gasteiger partial charge in [-0.15, -0.1) is 10.2 Å². The van der Waals surface area contributed by atoms with Crippen LogP contribution in [0.4, 0.5) is 0 Å². The summed E-state index contributed by atoms with van der Waals surface area (Å²) in [5.74, 6) is 1.76. The van der Waals surface area contributed by atoms with E-state index in [0.717, 1.165) is 27.8 Å². The molecule has 0 saturated heterocycles. The fraction of sp³-hybridized carbons (Fsp3) is 0.261. The van der Waals surface area contributed by atoms with Crippen LogP contribution in [-0.2, 0) is 24.3 Å². The lowest BCUT2D eigenvalue weighted by atomic mass is 10.2. The van der Waals surface area contributed by atoms with Gasteiger partial charge in [0.1, 0.15) is 12.3 Å². The molecule has 154 valence electrons. The van der Waals surface area contributed by atoms with Crippen LogP contribution in [0.5, 0.6) is 5.75 Å². The second-order valence-corrected chi connectivity index (χ2v) is 6.86. The van der Waals surface area contributed by atoms with Gasteiger partial charge in [0.2, 0.25) is 17.7 Å². The molecular weight excluding hydrogens is 380 g/mol. The lowest BCUT2D eigenvalue weighted by Crippen LogP contribution is -2.27. The summed E-state index contributed by atoms with van der Waals surface area (Å²) in [7, 11) is 0. The lowest BCUT2D eigenvalue weighted by Gasteiger charge is -2.11. The van der Waals surface area contributed by atoms with Gasteiger partial charge < -0.3 is 19.0 Å². The topological polar surface area (TPSA) is 82.2 Å². The zero-order valence-corrected chi connectivity index (χ0v) is 17.1.